The van der Waals surface area contributed by atoms with E-state index in [9.17, 15) is 4.79 Å². The largest absolute Gasteiger partial charge is 0.335 e. The molecule has 1 aromatic carbocycles. The third kappa shape index (κ3) is 3.84. The normalized spacial score (nSPS) is 19.2. The van der Waals surface area contributed by atoms with Gasteiger partial charge < -0.3 is 9.47 Å². The van der Waals surface area contributed by atoms with Gasteiger partial charge >= 0.3 is 0 Å². The Bertz CT molecular complexity index is 1110. The zero-order valence-corrected chi connectivity index (χ0v) is 18.4. The molecule has 1 amide bonds. The highest BCUT2D eigenvalue weighted by Gasteiger charge is 2.31. The third-order valence-corrected chi connectivity index (χ3v) is 6.57. The van der Waals surface area contributed by atoms with Crippen molar-refractivity contribution in [2.45, 2.75) is 57.9 Å². The number of carbonyl (C=O) groups is 1. The Morgan fingerprint density at radius 3 is 2.84 bits per heavy atom. The predicted molar refractivity (Wildman–Crippen MR) is 117 cm³/mol. The van der Waals surface area contributed by atoms with Crippen molar-refractivity contribution in [1.29, 1.82) is 0 Å². The molecule has 9 heteroatoms. The molecule has 0 saturated carbocycles. The van der Waals surface area contributed by atoms with Gasteiger partial charge in [0.2, 0.25) is 5.82 Å². The number of fused-ring (bicyclic) bond motifs is 1. The molecule has 0 bridgehead atoms. The zero-order chi connectivity index (χ0) is 21.4. The van der Waals surface area contributed by atoms with Gasteiger partial charge in [0.05, 0.1) is 10.7 Å². The highest BCUT2D eigenvalue weighted by Crippen LogP contribution is 2.29. The minimum Gasteiger partial charge on any atom is -0.335 e. The molecule has 8 nitrogen and oxygen atoms in total. The van der Waals surface area contributed by atoms with E-state index in [0.717, 1.165) is 49.6 Å². The van der Waals surface area contributed by atoms with Crippen molar-refractivity contribution >= 4 is 17.5 Å². The lowest BCUT2D eigenvalue weighted by Gasteiger charge is -2.31. The molecule has 1 atom stereocenters. The monoisotopic (exact) mass is 439 g/mol. The van der Waals surface area contributed by atoms with Crippen LogP contribution in [0.3, 0.4) is 0 Å². The standard InChI is InChI=1S/C22H26ClN7O/c1-15-24-20(27-30(15)18-10-5-4-9-17(18)23)22(31)28-12-7-8-16(14-28)21-26-25-19-11-3-2-6-13-29(19)21/h4-5,9-10,16H,2-3,6-8,11-14H2,1H3. The van der Waals surface area contributed by atoms with Crippen molar-refractivity contribution in [3.63, 3.8) is 0 Å². The number of carbonyl (C=O) groups excluding carboxylic acids is 1. The maximum atomic E-state index is 13.3. The van der Waals surface area contributed by atoms with Gasteiger partial charge in [-0.1, -0.05) is 30.2 Å². The number of likely N-dealkylation sites (tertiary alicyclic amines) is 1. The van der Waals surface area contributed by atoms with Gasteiger partial charge in [0.1, 0.15) is 17.5 Å². The molecule has 0 aliphatic carbocycles. The lowest BCUT2D eigenvalue weighted by molar-refractivity contribution is 0.0690. The van der Waals surface area contributed by atoms with Crippen LogP contribution >= 0.6 is 11.6 Å². The van der Waals surface area contributed by atoms with Crippen LogP contribution in [-0.4, -0.2) is 53.4 Å². The van der Waals surface area contributed by atoms with Crippen LogP contribution in [0, 0.1) is 6.92 Å². The number of rotatable bonds is 3. The number of benzene rings is 1. The van der Waals surface area contributed by atoms with E-state index in [1.807, 2.05) is 30.0 Å². The summed E-state index contributed by atoms with van der Waals surface area (Å²) in [4.78, 5) is 19.6. The molecule has 0 spiro atoms. The van der Waals surface area contributed by atoms with Crippen LogP contribution in [0.5, 0.6) is 0 Å². The predicted octanol–water partition coefficient (Wildman–Crippen LogP) is 3.57. The Hall–Kier alpha value is -2.74. The van der Waals surface area contributed by atoms with E-state index in [1.165, 1.54) is 12.8 Å². The van der Waals surface area contributed by atoms with Crippen molar-refractivity contribution in [2.24, 2.45) is 0 Å². The Labute approximate surface area is 186 Å². The minimum atomic E-state index is -0.144. The van der Waals surface area contributed by atoms with Crippen molar-refractivity contribution in [3.05, 3.63) is 52.6 Å². The number of aryl methyl sites for hydroxylation is 2. The van der Waals surface area contributed by atoms with Crippen molar-refractivity contribution < 1.29 is 4.79 Å². The topological polar surface area (TPSA) is 81.7 Å². The second-order valence-electron chi connectivity index (χ2n) is 8.37. The van der Waals surface area contributed by atoms with Crippen LogP contribution < -0.4 is 0 Å². The van der Waals surface area contributed by atoms with Gasteiger partial charge in [0, 0.05) is 32.0 Å². The van der Waals surface area contributed by atoms with Crippen LogP contribution in [0.25, 0.3) is 5.69 Å². The molecular weight excluding hydrogens is 414 g/mol. The second-order valence-corrected chi connectivity index (χ2v) is 8.78. The summed E-state index contributed by atoms with van der Waals surface area (Å²) in [6, 6.07) is 7.42. The van der Waals surface area contributed by atoms with Gasteiger partial charge in [0.25, 0.3) is 5.91 Å². The third-order valence-electron chi connectivity index (χ3n) is 6.25. The summed E-state index contributed by atoms with van der Waals surface area (Å²) in [6.45, 7) is 4.13. The molecule has 1 fully saturated rings. The maximum absolute atomic E-state index is 13.3. The van der Waals surface area contributed by atoms with Crippen molar-refractivity contribution in [3.8, 4) is 5.69 Å². The number of amides is 1. The Kier molecular flexibility index (Phi) is 5.48. The number of para-hydroxylation sites is 1. The highest BCUT2D eigenvalue weighted by atomic mass is 35.5. The number of hydrogen-bond acceptors (Lipinski definition) is 5. The summed E-state index contributed by atoms with van der Waals surface area (Å²) in [5.74, 6) is 3.01. The van der Waals surface area contributed by atoms with Crippen LogP contribution in [0.4, 0.5) is 0 Å². The Morgan fingerprint density at radius 1 is 1.10 bits per heavy atom. The second kappa shape index (κ2) is 8.42. The van der Waals surface area contributed by atoms with E-state index in [0.29, 0.717) is 23.9 Å². The fraction of sp³-hybridized carbons (Fsp3) is 0.500. The van der Waals surface area contributed by atoms with Gasteiger partial charge in [-0.15, -0.1) is 15.3 Å². The zero-order valence-electron chi connectivity index (χ0n) is 17.7. The maximum Gasteiger partial charge on any atom is 0.293 e. The van der Waals surface area contributed by atoms with Gasteiger partial charge in [-0.2, -0.15) is 0 Å². The lowest BCUT2D eigenvalue weighted by atomic mass is 9.97. The van der Waals surface area contributed by atoms with E-state index in [1.54, 1.807) is 10.7 Å². The van der Waals surface area contributed by atoms with E-state index in [4.69, 9.17) is 11.6 Å². The summed E-state index contributed by atoms with van der Waals surface area (Å²) < 4.78 is 3.93. The number of aromatic nitrogens is 6. The Balaban J connectivity index is 1.37. The SMILES string of the molecule is Cc1nc(C(=O)N2CCCC(c3nnc4n3CCCCC4)C2)nn1-c1ccccc1Cl. The number of hydrogen-bond donors (Lipinski definition) is 0. The summed E-state index contributed by atoms with van der Waals surface area (Å²) >= 11 is 6.31. The molecule has 31 heavy (non-hydrogen) atoms. The molecule has 2 aromatic heterocycles. The molecule has 2 aliphatic heterocycles. The first-order chi connectivity index (χ1) is 15.1. The molecule has 1 unspecified atom stereocenters. The van der Waals surface area contributed by atoms with Crippen LogP contribution in [0.2, 0.25) is 5.02 Å². The van der Waals surface area contributed by atoms with E-state index < -0.39 is 0 Å². The van der Waals surface area contributed by atoms with E-state index >= 15 is 0 Å². The number of piperidine rings is 1. The van der Waals surface area contributed by atoms with Gasteiger partial charge in [-0.05, 0) is 44.7 Å². The molecule has 4 heterocycles. The quantitative estimate of drug-likeness (QED) is 0.623. The summed E-state index contributed by atoms with van der Waals surface area (Å²) in [6.07, 6.45) is 6.51. The van der Waals surface area contributed by atoms with Gasteiger partial charge in [0.15, 0.2) is 0 Å². The number of nitrogens with zero attached hydrogens (tertiary/aromatic N) is 7. The van der Waals surface area contributed by atoms with Crippen molar-refractivity contribution in [1.82, 2.24) is 34.4 Å². The van der Waals surface area contributed by atoms with Crippen LogP contribution in [0.1, 0.15) is 66.1 Å². The molecule has 0 radical (unpaired) electrons. The molecule has 2 aliphatic rings. The summed E-state index contributed by atoms with van der Waals surface area (Å²) in [7, 11) is 0. The average Bonchev–Trinajstić information content (AvgIpc) is 3.29. The number of halogens is 1. The first kappa shape index (κ1) is 20.2. The molecule has 5 rings (SSSR count). The lowest BCUT2D eigenvalue weighted by Crippen LogP contribution is -2.40. The van der Waals surface area contributed by atoms with Crippen LogP contribution in [-0.2, 0) is 13.0 Å². The fourth-order valence-corrected chi connectivity index (χ4v) is 4.87. The first-order valence-corrected chi connectivity index (χ1v) is 11.4. The molecule has 0 N–H and O–H groups in total. The molecule has 1 saturated heterocycles. The van der Waals surface area contributed by atoms with E-state index in [2.05, 4.69) is 24.8 Å². The van der Waals surface area contributed by atoms with Gasteiger partial charge in [-0.3, -0.25) is 4.79 Å². The Morgan fingerprint density at radius 2 is 1.97 bits per heavy atom. The minimum absolute atomic E-state index is 0.144. The van der Waals surface area contributed by atoms with Crippen molar-refractivity contribution in [2.75, 3.05) is 13.1 Å². The molecule has 3 aromatic rings. The first-order valence-electron chi connectivity index (χ1n) is 11.0. The smallest absolute Gasteiger partial charge is 0.293 e. The van der Waals surface area contributed by atoms with Gasteiger partial charge in [-0.25, -0.2) is 9.67 Å². The molecular formula is C22H26ClN7O. The molecule has 162 valence electrons. The van der Waals surface area contributed by atoms with Crippen LogP contribution in [0.15, 0.2) is 24.3 Å². The fourth-order valence-electron chi connectivity index (χ4n) is 4.66. The highest BCUT2D eigenvalue weighted by molar-refractivity contribution is 6.32. The summed E-state index contributed by atoms with van der Waals surface area (Å²) in [5.41, 5.74) is 0.718. The summed E-state index contributed by atoms with van der Waals surface area (Å²) in [5, 5.41) is 14.0. The average molecular weight is 440 g/mol. The van der Waals surface area contributed by atoms with E-state index in [-0.39, 0.29) is 17.6 Å².